The Hall–Kier alpha value is -1.20. The number of cyclic esters (lactones) is 2. The lowest BCUT2D eigenvalue weighted by atomic mass is 9.89. The van der Waals surface area contributed by atoms with E-state index in [9.17, 15) is 9.59 Å². The number of ether oxygens (including phenoxy) is 3. The molecule has 2 aliphatic carbocycles. The van der Waals surface area contributed by atoms with Gasteiger partial charge >= 0.3 is 11.9 Å². The number of hydrogen-bond donors (Lipinski definition) is 0. The van der Waals surface area contributed by atoms with Crippen molar-refractivity contribution in [3.63, 3.8) is 0 Å². The third-order valence-electron chi connectivity index (χ3n) is 4.12. The third-order valence-corrected chi connectivity index (χ3v) is 4.12. The van der Waals surface area contributed by atoms with E-state index >= 15 is 0 Å². The Labute approximate surface area is 97.7 Å². The van der Waals surface area contributed by atoms with Crippen molar-refractivity contribution in [2.45, 2.75) is 38.3 Å². The molecule has 5 nitrogen and oxygen atoms in total. The molecule has 0 amide bonds. The molecule has 0 aromatic carbocycles. The first kappa shape index (κ1) is 9.79. The van der Waals surface area contributed by atoms with Gasteiger partial charge in [-0.2, -0.15) is 0 Å². The number of carbonyl (C=O) groups is 2. The minimum absolute atomic E-state index is 0.0271. The molecule has 0 spiro atoms. The first-order valence-electron chi connectivity index (χ1n) is 5.84. The zero-order valence-corrected chi connectivity index (χ0v) is 9.56. The molecule has 4 rings (SSSR count). The average Bonchev–Trinajstić information content (AvgIpc) is 2.86. The summed E-state index contributed by atoms with van der Waals surface area (Å²) in [6.45, 7) is 3.71. The molecule has 5 heteroatoms. The molecule has 4 atom stereocenters. The lowest BCUT2D eigenvalue weighted by molar-refractivity contribution is -0.162. The minimum atomic E-state index is -0.626. The van der Waals surface area contributed by atoms with Gasteiger partial charge in [0.1, 0.15) is 0 Å². The van der Waals surface area contributed by atoms with Crippen LogP contribution in [0.2, 0.25) is 0 Å². The maximum absolute atomic E-state index is 11.6. The van der Waals surface area contributed by atoms with E-state index in [1.165, 1.54) is 0 Å². The fourth-order valence-electron chi connectivity index (χ4n) is 3.66. The summed E-state index contributed by atoms with van der Waals surface area (Å²) < 4.78 is 16.3. The maximum atomic E-state index is 11.6. The van der Waals surface area contributed by atoms with Crippen LogP contribution in [0.15, 0.2) is 11.1 Å². The smallest absolute Gasteiger partial charge is 0.342 e. The minimum Gasteiger partial charge on any atom is -0.386 e. The van der Waals surface area contributed by atoms with Gasteiger partial charge in [-0.1, -0.05) is 0 Å². The number of hydrogen-bond acceptors (Lipinski definition) is 5. The summed E-state index contributed by atoms with van der Waals surface area (Å²) in [5, 5.41) is 0. The second kappa shape index (κ2) is 2.62. The molecule has 0 aromatic rings. The number of esters is 2. The van der Waals surface area contributed by atoms with Gasteiger partial charge in [0.15, 0.2) is 5.79 Å². The van der Waals surface area contributed by atoms with E-state index in [0.29, 0.717) is 11.1 Å². The van der Waals surface area contributed by atoms with Crippen LogP contribution in [-0.2, 0) is 23.8 Å². The van der Waals surface area contributed by atoms with Crippen molar-refractivity contribution in [1.82, 2.24) is 0 Å². The first-order chi connectivity index (χ1) is 7.98. The Bertz CT molecular complexity index is 449. The van der Waals surface area contributed by atoms with Crippen molar-refractivity contribution in [1.29, 1.82) is 0 Å². The monoisotopic (exact) mass is 236 g/mol. The Morgan fingerprint density at radius 3 is 1.94 bits per heavy atom. The molecule has 0 unspecified atom stereocenters. The predicted octanol–water partition coefficient (Wildman–Crippen LogP) is 0.536. The van der Waals surface area contributed by atoms with Crippen molar-refractivity contribution in [2.24, 2.45) is 11.8 Å². The predicted molar refractivity (Wildman–Crippen MR) is 53.5 cm³/mol. The molecule has 0 aromatic heterocycles. The van der Waals surface area contributed by atoms with Crippen LogP contribution in [0.5, 0.6) is 0 Å². The van der Waals surface area contributed by atoms with Crippen LogP contribution in [0.1, 0.15) is 20.3 Å². The van der Waals surface area contributed by atoms with Crippen molar-refractivity contribution >= 4 is 11.9 Å². The van der Waals surface area contributed by atoms with Gasteiger partial charge < -0.3 is 14.2 Å². The zero-order chi connectivity index (χ0) is 11.9. The lowest BCUT2D eigenvalue weighted by Gasteiger charge is -2.20. The topological polar surface area (TPSA) is 61.8 Å². The summed E-state index contributed by atoms with van der Waals surface area (Å²) in [7, 11) is 0. The molecule has 4 aliphatic rings. The van der Waals surface area contributed by atoms with Crippen LogP contribution >= 0.6 is 0 Å². The van der Waals surface area contributed by atoms with Crippen LogP contribution < -0.4 is 0 Å². The molecule has 2 aliphatic heterocycles. The lowest BCUT2D eigenvalue weighted by Crippen LogP contribution is -2.32. The summed E-state index contributed by atoms with van der Waals surface area (Å²) in [5.41, 5.74) is 1.09. The summed E-state index contributed by atoms with van der Waals surface area (Å²) >= 11 is 0. The Morgan fingerprint density at radius 2 is 1.47 bits per heavy atom. The normalized spacial score (nSPS) is 45.3. The molecule has 0 N–H and O–H groups in total. The summed E-state index contributed by atoms with van der Waals surface area (Å²) in [6.07, 6.45) is 0.566. The Kier molecular flexibility index (Phi) is 1.51. The largest absolute Gasteiger partial charge is 0.386 e. The SMILES string of the molecule is CC1(C)O[C@@H]2[C@H](O1)[C@@H]1C[C@H]2C2=C1C(=O)OC2=O. The second-order valence-corrected chi connectivity index (χ2v) is 5.52. The molecule has 2 fully saturated rings. The standard InChI is InChI=1S/C12H12O5/c1-12(2)16-8-4-3-5(9(8)17-12)7-6(4)10(13)15-11(7)14/h4-5,8-9H,3H2,1-2H3/t4-,5+,8-,9+. The summed E-state index contributed by atoms with van der Waals surface area (Å²) in [6, 6.07) is 0. The molecule has 90 valence electrons. The molecule has 0 radical (unpaired) electrons. The maximum Gasteiger partial charge on any atom is 0.342 e. The number of rotatable bonds is 0. The highest BCUT2D eigenvalue weighted by Gasteiger charge is 2.64. The first-order valence-corrected chi connectivity index (χ1v) is 5.84. The van der Waals surface area contributed by atoms with Gasteiger partial charge in [0.05, 0.1) is 23.4 Å². The van der Waals surface area contributed by atoms with Gasteiger partial charge in [-0.25, -0.2) is 9.59 Å². The zero-order valence-electron chi connectivity index (χ0n) is 9.56. The Morgan fingerprint density at radius 1 is 1.00 bits per heavy atom. The molecule has 2 heterocycles. The summed E-state index contributed by atoms with van der Waals surface area (Å²) in [5.74, 6) is -1.64. The van der Waals surface area contributed by atoms with Crippen LogP contribution in [0.3, 0.4) is 0 Å². The third kappa shape index (κ3) is 1.02. The van der Waals surface area contributed by atoms with Crippen LogP contribution in [0, 0.1) is 11.8 Å². The Balaban J connectivity index is 1.79. The highest BCUT2D eigenvalue weighted by atomic mass is 16.8. The molecule has 1 saturated heterocycles. The summed E-state index contributed by atoms with van der Waals surface area (Å²) in [4.78, 5) is 23.2. The second-order valence-electron chi connectivity index (χ2n) is 5.52. The van der Waals surface area contributed by atoms with Crippen LogP contribution in [-0.4, -0.2) is 29.9 Å². The van der Waals surface area contributed by atoms with Gasteiger partial charge in [0, 0.05) is 11.8 Å². The van der Waals surface area contributed by atoms with Gasteiger partial charge in [0.25, 0.3) is 0 Å². The molecule has 1 saturated carbocycles. The fraction of sp³-hybridized carbons (Fsp3) is 0.667. The van der Waals surface area contributed by atoms with Crippen LogP contribution in [0.25, 0.3) is 0 Å². The highest BCUT2D eigenvalue weighted by molar-refractivity contribution is 6.14. The van der Waals surface area contributed by atoms with Gasteiger partial charge in [-0.15, -0.1) is 0 Å². The van der Waals surface area contributed by atoms with Gasteiger partial charge in [-0.05, 0) is 20.3 Å². The number of fused-ring (bicyclic) bond motifs is 7. The van der Waals surface area contributed by atoms with Crippen molar-refractivity contribution in [2.75, 3.05) is 0 Å². The molecule has 17 heavy (non-hydrogen) atoms. The van der Waals surface area contributed by atoms with E-state index in [1.807, 2.05) is 13.8 Å². The van der Waals surface area contributed by atoms with Gasteiger partial charge in [-0.3, -0.25) is 0 Å². The van der Waals surface area contributed by atoms with E-state index in [4.69, 9.17) is 9.47 Å². The average molecular weight is 236 g/mol. The molecule has 2 bridgehead atoms. The molecular formula is C12H12O5. The van der Waals surface area contributed by atoms with Crippen molar-refractivity contribution in [3.8, 4) is 0 Å². The van der Waals surface area contributed by atoms with Crippen molar-refractivity contribution in [3.05, 3.63) is 11.1 Å². The van der Waals surface area contributed by atoms with E-state index in [-0.39, 0.29) is 24.0 Å². The van der Waals surface area contributed by atoms with E-state index in [2.05, 4.69) is 4.74 Å². The fourth-order valence-corrected chi connectivity index (χ4v) is 3.66. The highest BCUT2D eigenvalue weighted by Crippen LogP contribution is 2.57. The van der Waals surface area contributed by atoms with Crippen LogP contribution in [0.4, 0.5) is 0 Å². The van der Waals surface area contributed by atoms with Gasteiger partial charge in [0.2, 0.25) is 0 Å². The number of carbonyl (C=O) groups excluding carboxylic acids is 2. The van der Waals surface area contributed by atoms with E-state index < -0.39 is 17.7 Å². The van der Waals surface area contributed by atoms with Crippen molar-refractivity contribution < 1.29 is 23.8 Å². The van der Waals surface area contributed by atoms with E-state index in [0.717, 1.165) is 6.42 Å². The molecular weight excluding hydrogens is 224 g/mol. The van der Waals surface area contributed by atoms with E-state index in [1.54, 1.807) is 0 Å². The quantitative estimate of drug-likeness (QED) is 0.453.